The van der Waals surface area contributed by atoms with Crippen molar-refractivity contribution in [2.24, 2.45) is 0 Å². The molecule has 4 nitrogen and oxygen atoms in total. The number of thioether (sulfide) groups is 1. The second kappa shape index (κ2) is 8.99. The molecule has 2 aromatic rings. The SMILES string of the molecule is CC(C)(C)c1ccc(C(=O)NCC(=O)Nc2ccccc2SC(F)F)cc1. The molecule has 2 rings (SSSR count). The molecule has 0 saturated heterocycles. The molecule has 0 bridgehead atoms. The van der Waals surface area contributed by atoms with E-state index in [-0.39, 0.29) is 28.4 Å². The van der Waals surface area contributed by atoms with Crippen LogP contribution in [0.5, 0.6) is 0 Å². The summed E-state index contributed by atoms with van der Waals surface area (Å²) in [4.78, 5) is 24.5. The molecule has 0 aliphatic heterocycles. The Morgan fingerprint density at radius 3 is 2.26 bits per heavy atom. The van der Waals surface area contributed by atoms with Gasteiger partial charge in [-0.25, -0.2) is 0 Å². The van der Waals surface area contributed by atoms with Gasteiger partial charge >= 0.3 is 0 Å². The zero-order chi connectivity index (χ0) is 20.0. The molecule has 0 atom stereocenters. The Labute approximate surface area is 161 Å². The Hall–Kier alpha value is -2.41. The third-order valence-corrected chi connectivity index (χ3v) is 4.59. The van der Waals surface area contributed by atoms with Crippen molar-refractivity contribution >= 4 is 29.3 Å². The Morgan fingerprint density at radius 2 is 1.67 bits per heavy atom. The van der Waals surface area contributed by atoms with Crippen LogP contribution >= 0.6 is 11.8 Å². The van der Waals surface area contributed by atoms with Crippen LogP contribution < -0.4 is 10.6 Å². The highest BCUT2D eigenvalue weighted by molar-refractivity contribution is 7.99. The summed E-state index contributed by atoms with van der Waals surface area (Å²) >= 11 is 0.356. The first-order valence-corrected chi connectivity index (χ1v) is 9.27. The second-order valence-corrected chi connectivity index (χ2v) is 7.96. The van der Waals surface area contributed by atoms with E-state index in [0.717, 1.165) is 5.56 Å². The molecule has 0 radical (unpaired) electrons. The van der Waals surface area contributed by atoms with Gasteiger partial charge in [-0.3, -0.25) is 9.59 Å². The van der Waals surface area contributed by atoms with Crippen molar-refractivity contribution in [3.63, 3.8) is 0 Å². The van der Waals surface area contributed by atoms with E-state index in [2.05, 4.69) is 31.4 Å². The fraction of sp³-hybridized carbons (Fsp3) is 0.300. The molecule has 7 heteroatoms. The number of anilines is 1. The van der Waals surface area contributed by atoms with Crippen LogP contribution in [0.2, 0.25) is 0 Å². The van der Waals surface area contributed by atoms with Gasteiger partial charge in [0.25, 0.3) is 11.7 Å². The summed E-state index contributed by atoms with van der Waals surface area (Å²) in [6, 6.07) is 13.5. The predicted octanol–water partition coefficient (Wildman–Crippen LogP) is 4.67. The number of nitrogens with one attached hydrogen (secondary N) is 2. The van der Waals surface area contributed by atoms with Crippen molar-refractivity contribution in [1.29, 1.82) is 0 Å². The smallest absolute Gasteiger partial charge is 0.288 e. The second-order valence-electron chi connectivity index (χ2n) is 6.93. The molecule has 0 aromatic heterocycles. The van der Waals surface area contributed by atoms with Crippen molar-refractivity contribution in [3.8, 4) is 0 Å². The fourth-order valence-corrected chi connectivity index (χ4v) is 2.94. The molecule has 0 heterocycles. The summed E-state index contributed by atoms with van der Waals surface area (Å²) in [5, 5.41) is 5.08. The number of alkyl halides is 2. The molecule has 2 aromatic carbocycles. The van der Waals surface area contributed by atoms with Crippen LogP contribution in [0, 0.1) is 0 Å². The van der Waals surface area contributed by atoms with Crippen molar-refractivity contribution in [2.45, 2.75) is 36.8 Å². The molecule has 2 N–H and O–H groups in total. The maximum atomic E-state index is 12.6. The highest BCUT2D eigenvalue weighted by Crippen LogP contribution is 2.31. The van der Waals surface area contributed by atoms with Crippen molar-refractivity contribution in [2.75, 3.05) is 11.9 Å². The van der Waals surface area contributed by atoms with E-state index in [1.165, 1.54) is 12.1 Å². The van der Waals surface area contributed by atoms with Crippen LogP contribution in [0.25, 0.3) is 0 Å². The van der Waals surface area contributed by atoms with E-state index < -0.39 is 11.7 Å². The van der Waals surface area contributed by atoms with Crippen LogP contribution in [-0.2, 0) is 10.2 Å². The maximum Gasteiger partial charge on any atom is 0.288 e. The summed E-state index contributed by atoms with van der Waals surface area (Å²) in [5.41, 5.74) is 1.82. The molecule has 0 unspecified atom stereocenters. The Balaban J connectivity index is 1.93. The highest BCUT2D eigenvalue weighted by atomic mass is 32.2. The summed E-state index contributed by atoms with van der Waals surface area (Å²) in [6.07, 6.45) is 0. The van der Waals surface area contributed by atoms with Gasteiger partial charge in [0.2, 0.25) is 5.91 Å². The number of carbonyl (C=O) groups excluding carboxylic acids is 2. The number of rotatable bonds is 6. The number of amides is 2. The first-order valence-electron chi connectivity index (χ1n) is 8.39. The van der Waals surface area contributed by atoms with Gasteiger partial charge in [0.15, 0.2) is 0 Å². The third kappa shape index (κ3) is 6.36. The third-order valence-electron chi connectivity index (χ3n) is 3.80. The first-order chi connectivity index (χ1) is 12.7. The Bertz CT molecular complexity index is 802. The number of halogens is 2. The standard InChI is InChI=1S/C20H22F2N2O2S/c1-20(2,3)14-10-8-13(9-11-14)18(26)23-12-17(25)24-15-6-4-5-7-16(15)27-19(21)22/h4-11,19H,12H2,1-3H3,(H,23,26)(H,24,25). The lowest BCUT2D eigenvalue weighted by molar-refractivity contribution is -0.115. The van der Waals surface area contributed by atoms with Gasteiger partial charge in [-0.05, 0) is 35.2 Å². The maximum absolute atomic E-state index is 12.6. The summed E-state index contributed by atoms with van der Waals surface area (Å²) in [7, 11) is 0. The minimum atomic E-state index is -2.58. The first kappa shape index (κ1) is 20.9. The molecule has 0 fully saturated rings. The van der Waals surface area contributed by atoms with E-state index in [1.807, 2.05) is 12.1 Å². The van der Waals surface area contributed by atoms with Crippen LogP contribution in [0.15, 0.2) is 53.4 Å². The predicted molar refractivity (Wildman–Crippen MR) is 104 cm³/mol. The number of hydrogen-bond acceptors (Lipinski definition) is 3. The molecule has 2 amide bonds. The average Bonchev–Trinajstić information content (AvgIpc) is 2.60. The van der Waals surface area contributed by atoms with Gasteiger partial charge < -0.3 is 10.6 Å². The highest BCUT2D eigenvalue weighted by Gasteiger charge is 2.15. The molecule has 0 saturated carbocycles. The van der Waals surface area contributed by atoms with Crippen LogP contribution in [0.1, 0.15) is 36.7 Å². The van der Waals surface area contributed by atoms with Gasteiger partial charge in [-0.1, -0.05) is 56.8 Å². The zero-order valence-corrected chi connectivity index (χ0v) is 16.2. The summed E-state index contributed by atoms with van der Waals surface area (Å²) < 4.78 is 25.1. The zero-order valence-electron chi connectivity index (χ0n) is 15.4. The average molecular weight is 392 g/mol. The lowest BCUT2D eigenvalue weighted by Crippen LogP contribution is -2.33. The van der Waals surface area contributed by atoms with Gasteiger partial charge in [-0.15, -0.1) is 0 Å². The Kier molecular flexibility index (Phi) is 6.96. The molecule has 0 spiro atoms. The molecule has 144 valence electrons. The summed E-state index contributed by atoms with van der Waals surface area (Å²) in [5.74, 6) is -3.45. The van der Waals surface area contributed by atoms with E-state index >= 15 is 0 Å². The minimum Gasteiger partial charge on any atom is -0.343 e. The van der Waals surface area contributed by atoms with E-state index in [4.69, 9.17) is 0 Å². The van der Waals surface area contributed by atoms with E-state index in [9.17, 15) is 18.4 Å². The largest absolute Gasteiger partial charge is 0.343 e. The lowest BCUT2D eigenvalue weighted by atomic mass is 9.87. The normalized spacial score (nSPS) is 11.3. The topological polar surface area (TPSA) is 58.2 Å². The number of carbonyl (C=O) groups is 2. The lowest BCUT2D eigenvalue weighted by Gasteiger charge is -2.19. The van der Waals surface area contributed by atoms with Gasteiger partial charge in [0.1, 0.15) is 0 Å². The minimum absolute atomic E-state index is 0.0154. The molecule has 0 aliphatic carbocycles. The molecule has 0 aliphatic rings. The van der Waals surface area contributed by atoms with Gasteiger partial charge in [0, 0.05) is 10.5 Å². The molecular formula is C20H22F2N2O2S. The number of para-hydroxylation sites is 1. The fourth-order valence-electron chi connectivity index (χ4n) is 2.35. The Morgan fingerprint density at radius 1 is 1.04 bits per heavy atom. The molecule has 27 heavy (non-hydrogen) atoms. The molecular weight excluding hydrogens is 370 g/mol. The number of benzene rings is 2. The van der Waals surface area contributed by atoms with Crippen LogP contribution in [-0.4, -0.2) is 24.1 Å². The quantitative estimate of drug-likeness (QED) is 0.703. The van der Waals surface area contributed by atoms with E-state index in [1.54, 1.807) is 24.3 Å². The number of hydrogen-bond donors (Lipinski definition) is 2. The van der Waals surface area contributed by atoms with Gasteiger partial charge in [0.05, 0.1) is 12.2 Å². The van der Waals surface area contributed by atoms with E-state index in [0.29, 0.717) is 17.3 Å². The van der Waals surface area contributed by atoms with Crippen molar-refractivity contribution in [3.05, 3.63) is 59.7 Å². The van der Waals surface area contributed by atoms with Crippen LogP contribution in [0.4, 0.5) is 14.5 Å². The van der Waals surface area contributed by atoms with Crippen molar-refractivity contribution in [1.82, 2.24) is 5.32 Å². The monoisotopic (exact) mass is 392 g/mol. The summed E-state index contributed by atoms with van der Waals surface area (Å²) in [6.45, 7) is 5.98. The van der Waals surface area contributed by atoms with Crippen LogP contribution in [0.3, 0.4) is 0 Å². The van der Waals surface area contributed by atoms with Crippen molar-refractivity contribution < 1.29 is 18.4 Å². The van der Waals surface area contributed by atoms with Gasteiger partial charge in [-0.2, -0.15) is 8.78 Å².